The third-order valence-electron chi connectivity index (χ3n) is 1.38. The van der Waals surface area contributed by atoms with E-state index < -0.39 is 16.9 Å². The van der Waals surface area contributed by atoms with E-state index >= 15 is 0 Å². The van der Waals surface area contributed by atoms with E-state index in [-0.39, 0.29) is 0 Å². The summed E-state index contributed by atoms with van der Waals surface area (Å²) in [4.78, 5) is 0. The van der Waals surface area contributed by atoms with Crippen LogP contribution in [0.15, 0.2) is 24.3 Å². The molecule has 0 aliphatic rings. The molecule has 0 heterocycles. The van der Waals surface area contributed by atoms with E-state index in [1.54, 1.807) is 0 Å². The molecule has 0 bridgehead atoms. The fourth-order valence-electron chi connectivity index (χ4n) is 0.896. The largest absolute Gasteiger partial charge is 0.463 e. The van der Waals surface area contributed by atoms with E-state index in [4.69, 9.17) is 0 Å². The van der Waals surface area contributed by atoms with Crippen molar-refractivity contribution in [3.63, 3.8) is 0 Å². The van der Waals surface area contributed by atoms with Gasteiger partial charge < -0.3 is 4.74 Å². The molecule has 1 aromatic rings. The van der Waals surface area contributed by atoms with Crippen LogP contribution >= 0.6 is 0 Å². The van der Waals surface area contributed by atoms with Gasteiger partial charge in [0, 0.05) is 5.69 Å². The van der Waals surface area contributed by atoms with Gasteiger partial charge in [-0.3, -0.25) is 4.72 Å². The smallest absolute Gasteiger partial charge is 0.229 e. The standard InChI is InChI=1S/C8H10FNO3S/c1-14(11,12)10-7-2-4-8(5-3-7)13-6-9/h2-5,10H,6H2,1H3. The summed E-state index contributed by atoms with van der Waals surface area (Å²) in [7, 11) is -3.27. The van der Waals surface area contributed by atoms with E-state index in [0.717, 1.165) is 6.26 Å². The van der Waals surface area contributed by atoms with E-state index in [2.05, 4.69) is 9.46 Å². The average molecular weight is 219 g/mol. The highest BCUT2D eigenvalue weighted by Gasteiger charge is 2.01. The minimum Gasteiger partial charge on any atom is -0.463 e. The monoisotopic (exact) mass is 219 g/mol. The Morgan fingerprint density at radius 2 is 1.93 bits per heavy atom. The van der Waals surface area contributed by atoms with Crippen LogP contribution in [0.5, 0.6) is 5.75 Å². The Morgan fingerprint density at radius 3 is 2.36 bits per heavy atom. The minimum absolute atomic E-state index is 0.353. The molecular formula is C8H10FNO3S. The number of halogens is 1. The Kier molecular flexibility index (Phi) is 3.29. The number of rotatable bonds is 4. The van der Waals surface area contributed by atoms with Crippen molar-refractivity contribution >= 4 is 15.7 Å². The number of anilines is 1. The molecule has 0 aromatic heterocycles. The normalized spacial score (nSPS) is 11.0. The van der Waals surface area contributed by atoms with Crippen molar-refractivity contribution in [2.24, 2.45) is 0 Å². The van der Waals surface area contributed by atoms with Crippen molar-refractivity contribution in [2.75, 3.05) is 17.8 Å². The molecule has 0 fully saturated rings. The van der Waals surface area contributed by atoms with E-state index in [9.17, 15) is 12.8 Å². The highest BCUT2D eigenvalue weighted by atomic mass is 32.2. The summed E-state index contributed by atoms with van der Waals surface area (Å²) >= 11 is 0. The topological polar surface area (TPSA) is 55.4 Å². The Bertz CT molecular complexity index is 388. The molecule has 1 N–H and O–H groups in total. The maximum atomic E-state index is 11.7. The van der Waals surface area contributed by atoms with E-state index in [1.807, 2.05) is 0 Å². The molecule has 0 atom stereocenters. The molecule has 14 heavy (non-hydrogen) atoms. The van der Waals surface area contributed by atoms with Crippen molar-refractivity contribution in [3.05, 3.63) is 24.3 Å². The van der Waals surface area contributed by atoms with Gasteiger partial charge in [0.2, 0.25) is 16.9 Å². The first kappa shape index (κ1) is 10.8. The first-order valence-corrected chi connectivity index (χ1v) is 5.67. The molecule has 0 unspecified atom stereocenters. The Labute approximate surface area is 81.8 Å². The van der Waals surface area contributed by atoms with Crippen molar-refractivity contribution in [1.82, 2.24) is 0 Å². The Balaban J connectivity index is 2.74. The molecule has 0 saturated heterocycles. The van der Waals surface area contributed by atoms with E-state index in [0.29, 0.717) is 11.4 Å². The molecule has 1 rings (SSSR count). The zero-order valence-electron chi connectivity index (χ0n) is 7.53. The molecule has 0 spiro atoms. The molecule has 0 aliphatic carbocycles. The summed E-state index contributed by atoms with van der Waals surface area (Å²) in [6.45, 7) is -0.904. The molecule has 0 radical (unpaired) electrons. The van der Waals surface area contributed by atoms with Gasteiger partial charge >= 0.3 is 0 Å². The predicted octanol–water partition coefficient (Wildman–Crippen LogP) is 1.36. The number of sulfonamides is 1. The maximum absolute atomic E-state index is 11.7. The van der Waals surface area contributed by atoms with Crippen LogP contribution in [0.2, 0.25) is 0 Å². The van der Waals surface area contributed by atoms with Crippen LogP contribution in [0.25, 0.3) is 0 Å². The van der Waals surface area contributed by atoms with Crippen LogP contribution in [-0.2, 0) is 10.0 Å². The first-order chi connectivity index (χ1) is 6.51. The molecule has 6 heteroatoms. The number of benzene rings is 1. The quantitative estimate of drug-likeness (QED) is 0.832. The second kappa shape index (κ2) is 4.28. The van der Waals surface area contributed by atoms with Crippen LogP contribution in [0.1, 0.15) is 0 Å². The second-order valence-corrected chi connectivity index (χ2v) is 4.40. The van der Waals surface area contributed by atoms with Crippen LogP contribution < -0.4 is 9.46 Å². The minimum atomic E-state index is -3.27. The fourth-order valence-corrected chi connectivity index (χ4v) is 1.46. The molecule has 0 saturated carbocycles. The zero-order chi connectivity index (χ0) is 10.6. The second-order valence-electron chi connectivity index (χ2n) is 2.65. The highest BCUT2D eigenvalue weighted by molar-refractivity contribution is 7.92. The molecule has 78 valence electrons. The average Bonchev–Trinajstić information content (AvgIpc) is 2.06. The summed E-state index contributed by atoms with van der Waals surface area (Å²) in [5.74, 6) is 0.353. The summed E-state index contributed by atoms with van der Waals surface area (Å²) in [6, 6.07) is 5.94. The van der Waals surface area contributed by atoms with Gasteiger partial charge in [0.05, 0.1) is 6.26 Å². The lowest BCUT2D eigenvalue weighted by Gasteiger charge is -2.04. The summed E-state index contributed by atoms with van der Waals surface area (Å²) < 4.78 is 40.2. The van der Waals surface area contributed by atoms with Gasteiger partial charge in [-0.1, -0.05) is 0 Å². The van der Waals surface area contributed by atoms with Gasteiger partial charge in [-0.05, 0) is 24.3 Å². The van der Waals surface area contributed by atoms with Crippen molar-refractivity contribution < 1.29 is 17.5 Å². The third-order valence-corrected chi connectivity index (χ3v) is 1.99. The maximum Gasteiger partial charge on any atom is 0.229 e. The molecule has 0 amide bonds. The number of ether oxygens (including phenoxy) is 1. The van der Waals surface area contributed by atoms with Crippen LogP contribution in [0.3, 0.4) is 0 Å². The summed E-state index contributed by atoms with van der Waals surface area (Å²) in [5.41, 5.74) is 0.415. The lowest BCUT2D eigenvalue weighted by Crippen LogP contribution is -2.09. The lowest BCUT2D eigenvalue weighted by molar-refractivity contribution is 0.192. The number of alkyl halides is 1. The van der Waals surface area contributed by atoms with Crippen molar-refractivity contribution in [1.29, 1.82) is 0 Å². The third kappa shape index (κ3) is 3.61. The molecule has 4 nitrogen and oxygen atoms in total. The number of hydrogen-bond donors (Lipinski definition) is 1. The van der Waals surface area contributed by atoms with Gasteiger partial charge in [0.25, 0.3) is 0 Å². The van der Waals surface area contributed by atoms with Gasteiger partial charge in [0.15, 0.2) is 0 Å². The van der Waals surface area contributed by atoms with Crippen LogP contribution in [0, 0.1) is 0 Å². The van der Waals surface area contributed by atoms with Gasteiger partial charge in [-0.25, -0.2) is 12.8 Å². The Morgan fingerprint density at radius 1 is 1.36 bits per heavy atom. The molecule has 1 aromatic carbocycles. The van der Waals surface area contributed by atoms with Gasteiger partial charge in [0.1, 0.15) is 5.75 Å². The predicted molar refractivity (Wildman–Crippen MR) is 51.5 cm³/mol. The van der Waals surface area contributed by atoms with E-state index in [1.165, 1.54) is 24.3 Å². The lowest BCUT2D eigenvalue weighted by atomic mass is 10.3. The van der Waals surface area contributed by atoms with Crippen molar-refractivity contribution in [2.45, 2.75) is 0 Å². The van der Waals surface area contributed by atoms with Crippen LogP contribution in [-0.4, -0.2) is 21.5 Å². The molecule has 0 aliphatic heterocycles. The zero-order valence-corrected chi connectivity index (χ0v) is 8.34. The number of nitrogens with one attached hydrogen (secondary N) is 1. The molecular weight excluding hydrogens is 209 g/mol. The summed E-state index contributed by atoms with van der Waals surface area (Å²) in [5, 5.41) is 0. The SMILES string of the molecule is CS(=O)(=O)Nc1ccc(OCF)cc1. The first-order valence-electron chi connectivity index (χ1n) is 3.78. The summed E-state index contributed by atoms with van der Waals surface area (Å²) in [6.07, 6.45) is 1.05. The van der Waals surface area contributed by atoms with Gasteiger partial charge in [-0.15, -0.1) is 0 Å². The highest BCUT2D eigenvalue weighted by Crippen LogP contribution is 2.16. The van der Waals surface area contributed by atoms with Crippen LogP contribution in [0.4, 0.5) is 10.1 Å². The number of hydrogen-bond acceptors (Lipinski definition) is 3. The van der Waals surface area contributed by atoms with Gasteiger partial charge in [-0.2, -0.15) is 0 Å². The Hall–Kier alpha value is -1.30. The fraction of sp³-hybridized carbons (Fsp3) is 0.250. The van der Waals surface area contributed by atoms with Crippen molar-refractivity contribution in [3.8, 4) is 5.75 Å².